The summed E-state index contributed by atoms with van der Waals surface area (Å²) in [5, 5.41) is 18.4. The highest BCUT2D eigenvalue weighted by molar-refractivity contribution is 5.85. The molecule has 1 aliphatic rings. The van der Waals surface area contributed by atoms with Crippen LogP contribution in [0.15, 0.2) is 6.07 Å². The van der Waals surface area contributed by atoms with Crippen molar-refractivity contribution in [1.82, 2.24) is 15.5 Å². The second-order valence-electron chi connectivity index (χ2n) is 6.39. The number of nitrogens with one attached hydrogen (secondary N) is 2. The molecule has 0 aliphatic heterocycles. The molecule has 1 saturated carbocycles. The van der Waals surface area contributed by atoms with Crippen molar-refractivity contribution in [1.29, 1.82) is 0 Å². The van der Waals surface area contributed by atoms with E-state index in [4.69, 9.17) is 9.84 Å². The number of aromatic amines is 1. The van der Waals surface area contributed by atoms with Crippen LogP contribution >= 0.6 is 0 Å². The number of carboxylic acids is 1. The summed E-state index contributed by atoms with van der Waals surface area (Å²) in [5.74, 6) is -1.09. The van der Waals surface area contributed by atoms with E-state index in [0.29, 0.717) is 5.69 Å². The first-order chi connectivity index (χ1) is 9.72. The zero-order valence-corrected chi connectivity index (χ0v) is 12.5. The third-order valence-corrected chi connectivity index (χ3v) is 3.51. The number of carbonyl (C=O) groups excluding carboxylic acids is 1. The second kappa shape index (κ2) is 5.38. The molecule has 0 bridgehead atoms. The fraction of sp³-hybridized carbons (Fsp3) is 0.643. The van der Waals surface area contributed by atoms with E-state index in [1.54, 1.807) is 20.8 Å². The second-order valence-corrected chi connectivity index (χ2v) is 6.39. The van der Waals surface area contributed by atoms with Gasteiger partial charge in [-0.05, 0) is 39.7 Å². The Morgan fingerprint density at radius 3 is 2.48 bits per heavy atom. The number of rotatable bonds is 3. The molecular weight excluding hydrogens is 274 g/mol. The van der Waals surface area contributed by atoms with Gasteiger partial charge in [-0.1, -0.05) is 12.8 Å². The topological polar surface area (TPSA) is 104 Å². The van der Waals surface area contributed by atoms with Crippen LogP contribution in [-0.2, 0) is 10.3 Å². The number of aromatic nitrogens is 2. The lowest BCUT2D eigenvalue weighted by molar-refractivity contribution is 0.0450. The fourth-order valence-corrected chi connectivity index (χ4v) is 2.62. The lowest BCUT2D eigenvalue weighted by atomic mass is 9.93. The van der Waals surface area contributed by atoms with Crippen molar-refractivity contribution < 1.29 is 19.4 Å². The summed E-state index contributed by atoms with van der Waals surface area (Å²) in [7, 11) is 0. The van der Waals surface area contributed by atoms with E-state index < -0.39 is 23.2 Å². The molecule has 1 amide bonds. The van der Waals surface area contributed by atoms with Crippen LogP contribution in [0.1, 0.15) is 62.6 Å². The standard InChI is InChI=1S/C14H21N3O4/c1-13(2,3)21-12(20)15-14(6-4-5-7-14)10-8-9(11(18)19)16-17-10/h8H,4-7H2,1-3H3,(H,15,20)(H,16,17)(H,18,19). The van der Waals surface area contributed by atoms with Gasteiger partial charge in [0, 0.05) is 0 Å². The van der Waals surface area contributed by atoms with Crippen LogP contribution < -0.4 is 5.32 Å². The Hall–Kier alpha value is -2.05. The molecule has 0 radical (unpaired) electrons. The number of carbonyl (C=O) groups is 2. The number of H-pyrrole nitrogens is 1. The molecule has 1 aliphatic carbocycles. The smallest absolute Gasteiger partial charge is 0.408 e. The molecule has 3 N–H and O–H groups in total. The molecule has 2 rings (SSSR count). The first-order valence-electron chi connectivity index (χ1n) is 7.02. The van der Waals surface area contributed by atoms with Crippen LogP contribution in [-0.4, -0.2) is 33.0 Å². The first kappa shape index (κ1) is 15.3. The SMILES string of the molecule is CC(C)(C)OC(=O)NC1(c2cc(C(=O)O)n[nH]2)CCCC1. The number of carboxylic acid groups (broad SMARTS) is 1. The van der Waals surface area contributed by atoms with Gasteiger partial charge < -0.3 is 15.2 Å². The van der Waals surface area contributed by atoms with Gasteiger partial charge in [0.15, 0.2) is 5.69 Å². The molecule has 21 heavy (non-hydrogen) atoms. The van der Waals surface area contributed by atoms with Crippen LogP contribution in [0.25, 0.3) is 0 Å². The van der Waals surface area contributed by atoms with E-state index in [2.05, 4.69) is 15.5 Å². The van der Waals surface area contributed by atoms with Crippen molar-refractivity contribution in [3.63, 3.8) is 0 Å². The molecule has 116 valence electrons. The van der Waals surface area contributed by atoms with Crippen LogP contribution in [0.5, 0.6) is 0 Å². The van der Waals surface area contributed by atoms with E-state index in [1.165, 1.54) is 6.07 Å². The molecule has 0 spiro atoms. The number of hydrogen-bond donors (Lipinski definition) is 3. The van der Waals surface area contributed by atoms with Crippen molar-refractivity contribution in [3.05, 3.63) is 17.5 Å². The summed E-state index contributed by atoms with van der Waals surface area (Å²) in [6.07, 6.45) is 2.87. The Kier molecular flexibility index (Phi) is 3.93. The fourth-order valence-electron chi connectivity index (χ4n) is 2.62. The monoisotopic (exact) mass is 295 g/mol. The maximum atomic E-state index is 12.0. The number of hydrogen-bond acceptors (Lipinski definition) is 4. The minimum Gasteiger partial charge on any atom is -0.476 e. The number of aromatic carboxylic acids is 1. The number of amides is 1. The molecule has 1 aromatic heterocycles. The van der Waals surface area contributed by atoms with Crippen molar-refractivity contribution in [2.75, 3.05) is 0 Å². The van der Waals surface area contributed by atoms with Crippen LogP contribution in [0.2, 0.25) is 0 Å². The van der Waals surface area contributed by atoms with Gasteiger partial charge in [-0.3, -0.25) is 5.10 Å². The minimum absolute atomic E-state index is 0.0535. The molecule has 0 saturated heterocycles. The lowest BCUT2D eigenvalue weighted by Gasteiger charge is -2.30. The van der Waals surface area contributed by atoms with E-state index in [9.17, 15) is 9.59 Å². The summed E-state index contributed by atoms with van der Waals surface area (Å²) in [6.45, 7) is 5.39. The number of nitrogens with zero attached hydrogens (tertiary/aromatic N) is 1. The Labute approximate surface area is 123 Å². The Balaban J connectivity index is 2.20. The average Bonchev–Trinajstić information content (AvgIpc) is 2.93. The molecule has 7 heteroatoms. The lowest BCUT2D eigenvalue weighted by Crippen LogP contribution is -2.46. The molecule has 7 nitrogen and oxygen atoms in total. The Bertz CT molecular complexity index is 539. The maximum absolute atomic E-state index is 12.0. The van der Waals surface area contributed by atoms with E-state index in [-0.39, 0.29) is 5.69 Å². The zero-order chi connectivity index (χ0) is 15.7. The van der Waals surface area contributed by atoms with Gasteiger partial charge in [0.25, 0.3) is 0 Å². The van der Waals surface area contributed by atoms with Crippen LogP contribution in [0.3, 0.4) is 0 Å². The maximum Gasteiger partial charge on any atom is 0.408 e. The van der Waals surface area contributed by atoms with Crippen molar-refractivity contribution in [2.45, 2.75) is 57.6 Å². The minimum atomic E-state index is -1.09. The van der Waals surface area contributed by atoms with Gasteiger partial charge in [-0.2, -0.15) is 5.10 Å². The highest BCUT2D eigenvalue weighted by atomic mass is 16.6. The summed E-state index contributed by atoms with van der Waals surface area (Å²) < 4.78 is 5.30. The number of ether oxygens (including phenoxy) is 1. The van der Waals surface area contributed by atoms with Gasteiger partial charge >= 0.3 is 12.1 Å². The van der Waals surface area contributed by atoms with Crippen molar-refractivity contribution in [2.24, 2.45) is 0 Å². The molecule has 1 fully saturated rings. The Morgan fingerprint density at radius 1 is 1.38 bits per heavy atom. The summed E-state index contributed by atoms with van der Waals surface area (Å²) in [5.41, 5.74) is -0.641. The molecule has 0 unspecified atom stereocenters. The molecule has 0 atom stereocenters. The van der Waals surface area contributed by atoms with Crippen molar-refractivity contribution in [3.8, 4) is 0 Å². The van der Waals surface area contributed by atoms with Gasteiger partial charge in [0.2, 0.25) is 0 Å². The number of alkyl carbamates (subject to hydrolysis) is 1. The summed E-state index contributed by atoms with van der Waals surface area (Å²) >= 11 is 0. The van der Waals surface area contributed by atoms with Crippen molar-refractivity contribution >= 4 is 12.1 Å². The molecule has 1 aromatic rings. The van der Waals surface area contributed by atoms with Gasteiger partial charge in [0.1, 0.15) is 5.60 Å². The Morgan fingerprint density at radius 2 is 2.00 bits per heavy atom. The van der Waals surface area contributed by atoms with Gasteiger partial charge in [-0.25, -0.2) is 9.59 Å². The van der Waals surface area contributed by atoms with Crippen LogP contribution in [0, 0.1) is 0 Å². The first-order valence-corrected chi connectivity index (χ1v) is 7.02. The van der Waals surface area contributed by atoms with Gasteiger partial charge in [0.05, 0.1) is 11.2 Å². The third-order valence-electron chi connectivity index (χ3n) is 3.51. The van der Waals surface area contributed by atoms with Crippen LogP contribution in [0.4, 0.5) is 4.79 Å². The summed E-state index contributed by atoms with van der Waals surface area (Å²) in [6, 6.07) is 1.48. The summed E-state index contributed by atoms with van der Waals surface area (Å²) in [4.78, 5) is 23.0. The van der Waals surface area contributed by atoms with E-state index in [0.717, 1.165) is 25.7 Å². The quantitative estimate of drug-likeness (QED) is 0.794. The zero-order valence-electron chi connectivity index (χ0n) is 12.5. The van der Waals surface area contributed by atoms with E-state index in [1.807, 2.05) is 0 Å². The highest BCUT2D eigenvalue weighted by Gasteiger charge is 2.40. The highest BCUT2D eigenvalue weighted by Crippen LogP contribution is 2.38. The average molecular weight is 295 g/mol. The van der Waals surface area contributed by atoms with E-state index >= 15 is 0 Å². The normalized spacial score (nSPS) is 17.5. The molecular formula is C14H21N3O4. The largest absolute Gasteiger partial charge is 0.476 e. The predicted molar refractivity (Wildman–Crippen MR) is 75.1 cm³/mol. The molecule has 1 heterocycles. The predicted octanol–water partition coefficient (Wildman–Crippen LogP) is 2.40. The van der Waals surface area contributed by atoms with Gasteiger partial charge in [-0.15, -0.1) is 0 Å². The molecule has 0 aromatic carbocycles. The third kappa shape index (κ3) is 3.53.